The van der Waals surface area contributed by atoms with Crippen LogP contribution in [0.5, 0.6) is 0 Å². The summed E-state index contributed by atoms with van der Waals surface area (Å²) in [5.74, 6) is 0. The van der Waals surface area contributed by atoms with Crippen molar-refractivity contribution in [3.63, 3.8) is 0 Å². The van der Waals surface area contributed by atoms with Crippen LogP contribution in [-0.4, -0.2) is 6.54 Å². The van der Waals surface area contributed by atoms with Gasteiger partial charge in [0.15, 0.2) is 0 Å². The Morgan fingerprint density at radius 2 is 2.17 bits per heavy atom. The first-order valence-corrected chi connectivity index (χ1v) is 4.46. The molecular formula is C10H14N2. The van der Waals surface area contributed by atoms with Gasteiger partial charge in [0.25, 0.3) is 0 Å². The number of anilines is 1. The van der Waals surface area contributed by atoms with E-state index in [1.54, 1.807) is 0 Å². The highest BCUT2D eigenvalue weighted by atomic mass is 14.9. The highest BCUT2D eigenvalue weighted by molar-refractivity contribution is 5.48. The third kappa shape index (κ3) is 1.30. The van der Waals surface area contributed by atoms with E-state index in [1.165, 1.54) is 18.4 Å². The second-order valence-electron chi connectivity index (χ2n) is 3.28. The SMILES string of the molecule is Nc1ccccc1[C@@H]1CCCN1. The number of rotatable bonds is 1. The van der Waals surface area contributed by atoms with Crippen molar-refractivity contribution in [2.45, 2.75) is 18.9 Å². The smallest absolute Gasteiger partial charge is 0.0362 e. The maximum Gasteiger partial charge on any atom is 0.0362 e. The number of nitrogens with two attached hydrogens (primary N) is 1. The second kappa shape index (κ2) is 3.15. The Morgan fingerprint density at radius 3 is 2.83 bits per heavy atom. The van der Waals surface area contributed by atoms with Crippen LogP contribution in [0, 0.1) is 0 Å². The molecule has 1 aliphatic rings. The lowest BCUT2D eigenvalue weighted by Gasteiger charge is -2.12. The van der Waals surface area contributed by atoms with Gasteiger partial charge in [0, 0.05) is 11.7 Å². The summed E-state index contributed by atoms with van der Waals surface area (Å²) in [5, 5.41) is 3.43. The summed E-state index contributed by atoms with van der Waals surface area (Å²) in [6.07, 6.45) is 2.48. The maximum absolute atomic E-state index is 5.86. The van der Waals surface area contributed by atoms with Crippen molar-refractivity contribution in [3.05, 3.63) is 29.8 Å². The van der Waals surface area contributed by atoms with Crippen molar-refractivity contribution in [2.75, 3.05) is 12.3 Å². The molecule has 2 nitrogen and oxygen atoms in total. The second-order valence-corrected chi connectivity index (χ2v) is 3.28. The monoisotopic (exact) mass is 162 g/mol. The Balaban J connectivity index is 2.26. The highest BCUT2D eigenvalue weighted by Gasteiger charge is 2.17. The van der Waals surface area contributed by atoms with E-state index in [0.717, 1.165) is 12.2 Å². The van der Waals surface area contributed by atoms with Crippen LogP contribution in [0.4, 0.5) is 5.69 Å². The van der Waals surface area contributed by atoms with Crippen molar-refractivity contribution in [3.8, 4) is 0 Å². The van der Waals surface area contributed by atoms with Gasteiger partial charge >= 0.3 is 0 Å². The number of hydrogen-bond acceptors (Lipinski definition) is 2. The van der Waals surface area contributed by atoms with E-state index in [9.17, 15) is 0 Å². The van der Waals surface area contributed by atoms with E-state index in [4.69, 9.17) is 5.73 Å². The maximum atomic E-state index is 5.86. The summed E-state index contributed by atoms with van der Waals surface area (Å²) >= 11 is 0. The minimum atomic E-state index is 0.492. The first-order chi connectivity index (χ1) is 5.88. The van der Waals surface area contributed by atoms with E-state index in [1.807, 2.05) is 18.2 Å². The molecule has 0 amide bonds. The van der Waals surface area contributed by atoms with Crippen molar-refractivity contribution in [1.82, 2.24) is 5.32 Å². The summed E-state index contributed by atoms with van der Waals surface area (Å²) < 4.78 is 0. The summed E-state index contributed by atoms with van der Waals surface area (Å²) in [6.45, 7) is 1.12. The zero-order chi connectivity index (χ0) is 8.39. The lowest BCUT2D eigenvalue weighted by atomic mass is 10.0. The van der Waals surface area contributed by atoms with Crippen LogP contribution in [0.15, 0.2) is 24.3 Å². The van der Waals surface area contributed by atoms with Crippen LogP contribution in [0.3, 0.4) is 0 Å². The summed E-state index contributed by atoms with van der Waals surface area (Å²) in [7, 11) is 0. The van der Waals surface area contributed by atoms with Crippen molar-refractivity contribution >= 4 is 5.69 Å². The molecule has 64 valence electrons. The summed E-state index contributed by atoms with van der Waals surface area (Å²) in [4.78, 5) is 0. The van der Waals surface area contributed by atoms with E-state index in [-0.39, 0.29) is 0 Å². The molecule has 3 N–H and O–H groups in total. The zero-order valence-corrected chi connectivity index (χ0v) is 7.09. The molecule has 1 atom stereocenters. The third-order valence-electron chi connectivity index (χ3n) is 2.43. The standard InChI is InChI=1S/C10H14N2/c11-9-5-2-1-4-8(9)10-6-3-7-12-10/h1-2,4-5,10,12H,3,6-7,11H2/t10-/m0/s1. The molecular weight excluding hydrogens is 148 g/mol. The lowest BCUT2D eigenvalue weighted by Crippen LogP contribution is -2.14. The zero-order valence-electron chi connectivity index (χ0n) is 7.09. The van der Waals surface area contributed by atoms with Gasteiger partial charge < -0.3 is 11.1 Å². The van der Waals surface area contributed by atoms with E-state index in [0.29, 0.717) is 6.04 Å². The first-order valence-electron chi connectivity index (χ1n) is 4.46. The predicted molar refractivity (Wildman–Crippen MR) is 50.8 cm³/mol. The van der Waals surface area contributed by atoms with Crippen molar-refractivity contribution in [2.24, 2.45) is 0 Å². The Morgan fingerprint density at radius 1 is 1.33 bits per heavy atom. The van der Waals surface area contributed by atoms with Gasteiger partial charge in [-0.1, -0.05) is 18.2 Å². The quantitative estimate of drug-likeness (QED) is 0.617. The molecule has 1 aliphatic heterocycles. The fraction of sp³-hybridized carbons (Fsp3) is 0.400. The number of hydrogen-bond donors (Lipinski definition) is 2. The molecule has 2 rings (SSSR count). The van der Waals surface area contributed by atoms with Gasteiger partial charge in [-0.15, -0.1) is 0 Å². The molecule has 0 aromatic heterocycles. The number of nitrogen functional groups attached to an aromatic ring is 1. The Hall–Kier alpha value is -1.02. The van der Waals surface area contributed by atoms with E-state index >= 15 is 0 Å². The van der Waals surface area contributed by atoms with Gasteiger partial charge in [0.05, 0.1) is 0 Å². The molecule has 0 saturated carbocycles. The average molecular weight is 162 g/mol. The number of benzene rings is 1. The van der Waals surface area contributed by atoms with Crippen molar-refractivity contribution < 1.29 is 0 Å². The third-order valence-corrected chi connectivity index (χ3v) is 2.43. The molecule has 0 spiro atoms. The summed E-state index contributed by atoms with van der Waals surface area (Å²) in [6, 6.07) is 8.60. The molecule has 1 aromatic carbocycles. The largest absolute Gasteiger partial charge is 0.398 e. The molecule has 1 fully saturated rings. The van der Waals surface area contributed by atoms with Gasteiger partial charge in [-0.3, -0.25) is 0 Å². The van der Waals surface area contributed by atoms with Gasteiger partial charge in [-0.25, -0.2) is 0 Å². The summed E-state index contributed by atoms with van der Waals surface area (Å²) in [5.41, 5.74) is 8.03. The predicted octanol–water partition coefficient (Wildman–Crippen LogP) is 1.69. The van der Waals surface area contributed by atoms with E-state index in [2.05, 4.69) is 11.4 Å². The van der Waals surface area contributed by atoms with Gasteiger partial charge in [-0.2, -0.15) is 0 Å². The van der Waals surface area contributed by atoms with Gasteiger partial charge in [0.1, 0.15) is 0 Å². The molecule has 0 aliphatic carbocycles. The normalized spacial score (nSPS) is 22.8. The van der Waals surface area contributed by atoms with Gasteiger partial charge in [0.2, 0.25) is 0 Å². The Labute approximate surface area is 72.8 Å². The minimum absolute atomic E-state index is 0.492. The Kier molecular flexibility index (Phi) is 2.00. The number of para-hydroxylation sites is 1. The first kappa shape index (κ1) is 7.62. The van der Waals surface area contributed by atoms with Crippen LogP contribution >= 0.6 is 0 Å². The molecule has 0 unspecified atom stereocenters. The van der Waals surface area contributed by atoms with Crippen LogP contribution in [0.25, 0.3) is 0 Å². The lowest BCUT2D eigenvalue weighted by molar-refractivity contribution is 0.650. The van der Waals surface area contributed by atoms with E-state index < -0.39 is 0 Å². The molecule has 12 heavy (non-hydrogen) atoms. The Bertz CT molecular complexity index is 264. The topological polar surface area (TPSA) is 38.0 Å². The van der Waals surface area contributed by atoms with Crippen LogP contribution < -0.4 is 11.1 Å². The van der Waals surface area contributed by atoms with Crippen molar-refractivity contribution in [1.29, 1.82) is 0 Å². The molecule has 1 heterocycles. The molecule has 1 aromatic rings. The van der Waals surface area contributed by atoms with Crippen LogP contribution in [-0.2, 0) is 0 Å². The fourth-order valence-corrected chi connectivity index (χ4v) is 1.78. The number of nitrogens with one attached hydrogen (secondary N) is 1. The van der Waals surface area contributed by atoms with Crippen LogP contribution in [0.1, 0.15) is 24.4 Å². The molecule has 1 saturated heterocycles. The molecule has 0 radical (unpaired) electrons. The average Bonchev–Trinajstić information content (AvgIpc) is 2.57. The van der Waals surface area contributed by atoms with Crippen LogP contribution in [0.2, 0.25) is 0 Å². The van der Waals surface area contributed by atoms with Gasteiger partial charge in [-0.05, 0) is 31.0 Å². The minimum Gasteiger partial charge on any atom is -0.398 e. The fourth-order valence-electron chi connectivity index (χ4n) is 1.78. The highest BCUT2D eigenvalue weighted by Crippen LogP contribution is 2.26. The molecule has 2 heteroatoms. The molecule has 0 bridgehead atoms.